The molecule has 0 radical (unpaired) electrons. The van der Waals surface area contributed by atoms with E-state index in [0.29, 0.717) is 19.3 Å². The molecule has 0 aromatic carbocycles. The number of rotatable bonds is 61. The first kappa shape index (κ1) is 73.8. The molecule has 0 aromatic heterocycles. The third-order valence-electron chi connectivity index (χ3n) is 14.6. The molecule has 0 saturated carbocycles. The highest BCUT2D eigenvalue weighted by atomic mass is 16.6. The van der Waals surface area contributed by atoms with E-state index in [4.69, 9.17) is 14.2 Å². The SMILES string of the molecule is CCC/C=C\C/C=C\CCCCCCCC(=O)OCC(COC(=O)CCCCCCCCCCCCCCC/C=C\C/C=C\CCCCCCC)OC(=O)CCCCCCCCCCC/C=C\C/C=C\CCCCCCC. The summed E-state index contributed by atoms with van der Waals surface area (Å²) in [6, 6.07) is 0. The van der Waals surface area contributed by atoms with Gasteiger partial charge in [0.05, 0.1) is 0 Å². The molecule has 0 fully saturated rings. The second-order valence-corrected chi connectivity index (χ2v) is 22.4. The molecule has 0 aliphatic heterocycles. The van der Waals surface area contributed by atoms with E-state index < -0.39 is 6.10 Å². The summed E-state index contributed by atoms with van der Waals surface area (Å²) in [5, 5.41) is 0. The highest BCUT2D eigenvalue weighted by molar-refractivity contribution is 5.71. The van der Waals surface area contributed by atoms with Crippen LogP contribution in [0.4, 0.5) is 0 Å². The van der Waals surface area contributed by atoms with Crippen LogP contribution in [0.5, 0.6) is 0 Å². The number of unbranched alkanes of at least 4 members (excludes halogenated alkanes) is 38. The first-order chi connectivity index (χ1) is 38.0. The summed E-state index contributed by atoms with van der Waals surface area (Å²) in [5.74, 6) is -0.884. The molecule has 6 heteroatoms. The van der Waals surface area contributed by atoms with Crippen LogP contribution in [0.2, 0.25) is 0 Å². The molecule has 0 bridgehead atoms. The number of hydrogen-bond donors (Lipinski definition) is 0. The lowest BCUT2D eigenvalue weighted by molar-refractivity contribution is -0.167. The van der Waals surface area contributed by atoms with Gasteiger partial charge in [0.2, 0.25) is 0 Å². The molecule has 0 aliphatic carbocycles. The summed E-state index contributed by atoms with van der Waals surface area (Å²) in [5.41, 5.74) is 0. The predicted molar refractivity (Wildman–Crippen MR) is 335 cm³/mol. The number of esters is 3. The molecule has 0 spiro atoms. The summed E-state index contributed by atoms with van der Waals surface area (Å²) in [6.07, 6.45) is 84.9. The first-order valence-electron chi connectivity index (χ1n) is 33.4. The Morgan fingerprint density at radius 2 is 0.494 bits per heavy atom. The average molecular weight is 1080 g/mol. The van der Waals surface area contributed by atoms with Crippen molar-refractivity contribution < 1.29 is 28.6 Å². The van der Waals surface area contributed by atoms with Crippen LogP contribution in [0.3, 0.4) is 0 Å². The van der Waals surface area contributed by atoms with E-state index in [1.807, 2.05) is 0 Å². The molecule has 6 nitrogen and oxygen atoms in total. The molecule has 0 amide bonds. The lowest BCUT2D eigenvalue weighted by atomic mass is 10.0. The maximum Gasteiger partial charge on any atom is 0.306 e. The van der Waals surface area contributed by atoms with Gasteiger partial charge in [0.15, 0.2) is 6.10 Å². The Morgan fingerprint density at radius 3 is 0.766 bits per heavy atom. The van der Waals surface area contributed by atoms with Crippen LogP contribution in [0.1, 0.15) is 342 Å². The zero-order valence-electron chi connectivity index (χ0n) is 51.2. The fourth-order valence-electron chi connectivity index (χ4n) is 9.60. The topological polar surface area (TPSA) is 78.9 Å². The maximum atomic E-state index is 12.9. The largest absolute Gasteiger partial charge is 0.462 e. The van der Waals surface area contributed by atoms with Gasteiger partial charge < -0.3 is 14.2 Å². The van der Waals surface area contributed by atoms with Crippen LogP contribution in [0.25, 0.3) is 0 Å². The van der Waals surface area contributed by atoms with Gasteiger partial charge in [-0.2, -0.15) is 0 Å². The summed E-state index contributed by atoms with van der Waals surface area (Å²) < 4.78 is 16.9. The van der Waals surface area contributed by atoms with Crippen molar-refractivity contribution in [3.63, 3.8) is 0 Å². The molecule has 77 heavy (non-hydrogen) atoms. The Morgan fingerprint density at radius 1 is 0.260 bits per heavy atom. The van der Waals surface area contributed by atoms with Gasteiger partial charge in [0.25, 0.3) is 0 Å². The summed E-state index contributed by atoms with van der Waals surface area (Å²) >= 11 is 0. The van der Waals surface area contributed by atoms with Crippen LogP contribution < -0.4 is 0 Å². The molecule has 0 heterocycles. The van der Waals surface area contributed by atoms with E-state index in [-0.39, 0.29) is 31.1 Å². The minimum atomic E-state index is -0.785. The quantitative estimate of drug-likeness (QED) is 0.0261. The van der Waals surface area contributed by atoms with Crippen molar-refractivity contribution in [2.24, 2.45) is 0 Å². The smallest absolute Gasteiger partial charge is 0.306 e. The monoisotopic (exact) mass is 1070 g/mol. The molecular formula is C71H126O6. The average Bonchev–Trinajstić information content (AvgIpc) is 3.43. The molecule has 446 valence electrons. The second kappa shape index (κ2) is 65.4. The Labute approximate surface area is 478 Å². The zero-order chi connectivity index (χ0) is 55.7. The minimum Gasteiger partial charge on any atom is -0.462 e. The van der Waals surface area contributed by atoms with E-state index >= 15 is 0 Å². The van der Waals surface area contributed by atoms with Crippen LogP contribution >= 0.6 is 0 Å². The van der Waals surface area contributed by atoms with Gasteiger partial charge in [-0.1, -0.05) is 286 Å². The van der Waals surface area contributed by atoms with Crippen molar-refractivity contribution in [1.82, 2.24) is 0 Å². The summed E-state index contributed by atoms with van der Waals surface area (Å²) in [6.45, 7) is 6.58. The third-order valence-corrected chi connectivity index (χ3v) is 14.6. The van der Waals surface area contributed by atoms with Gasteiger partial charge >= 0.3 is 17.9 Å². The molecule has 1 atom stereocenters. The molecule has 0 aliphatic rings. The number of hydrogen-bond acceptors (Lipinski definition) is 6. The summed E-state index contributed by atoms with van der Waals surface area (Å²) in [7, 11) is 0. The molecule has 0 N–H and O–H groups in total. The number of allylic oxidation sites excluding steroid dienone is 12. The van der Waals surface area contributed by atoms with Crippen molar-refractivity contribution in [2.75, 3.05) is 13.2 Å². The second-order valence-electron chi connectivity index (χ2n) is 22.4. The zero-order valence-corrected chi connectivity index (χ0v) is 51.2. The van der Waals surface area contributed by atoms with Crippen molar-refractivity contribution in [1.29, 1.82) is 0 Å². The third kappa shape index (κ3) is 63.6. The lowest BCUT2D eigenvalue weighted by Gasteiger charge is -2.18. The molecule has 1 unspecified atom stereocenters. The van der Waals surface area contributed by atoms with Gasteiger partial charge in [-0.05, 0) is 109 Å². The lowest BCUT2D eigenvalue weighted by Crippen LogP contribution is -2.30. The van der Waals surface area contributed by atoms with E-state index in [2.05, 4.69) is 93.7 Å². The minimum absolute atomic E-state index is 0.0803. The van der Waals surface area contributed by atoms with E-state index in [0.717, 1.165) is 96.3 Å². The van der Waals surface area contributed by atoms with Gasteiger partial charge in [0, 0.05) is 19.3 Å². The van der Waals surface area contributed by atoms with Crippen LogP contribution in [0, 0.1) is 0 Å². The number of carbonyl (C=O) groups is 3. The van der Waals surface area contributed by atoms with Gasteiger partial charge in [-0.3, -0.25) is 14.4 Å². The standard InChI is InChI=1S/C71H126O6/c1-4-7-10-13-16-19-22-25-27-29-31-33-34-35-36-38-39-41-43-46-49-52-55-58-61-64-70(73)76-67-68(66-75-69(72)63-60-57-54-51-48-45-24-21-18-15-12-9-6-3)77-71(74)65-62-59-56-53-50-47-44-42-40-37-32-30-28-26-23-20-17-14-11-8-5-2/h12,15,21-26,29-32,68H,4-11,13-14,16-20,27-28,33-67H2,1-3H3/b15-12-,24-21-,25-22-,26-23-,31-29-,32-30-. The summed E-state index contributed by atoms with van der Waals surface area (Å²) in [4.78, 5) is 38.3. The van der Waals surface area contributed by atoms with Crippen molar-refractivity contribution in [3.05, 3.63) is 72.9 Å². The number of carbonyl (C=O) groups excluding carboxylic acids is 3. The Hall–Kier alpha value is -3.15. The molecule has 0 rings (SSSR count). The molecule has 0 aromatic rings. The van der Waals surface area contributed by atoms with Crippen molar-refractivity contribution >= 4 is 17.9 Å². The van der Waals surface area contributed by atoms with Gasteiger partial charge in [0.1, 0.15) is 13.2 Å². The Bertz CT molecular complexity index is 1420. The van der Waals surface area contributed by atoms with Crippen LogP contribution in [-0.2, 0) is 28.6 Å². The maximum absolute atomic E-state index is 12.9. The molecular weight excluding hydrogens is 949 g/mol. The number of ether oxygens (including phenoxy) is 3. The van der Waals surface area contributed by atoms with Crippen LogP contribution in [-0.4, -0.2) is 37.2 Å². The Kier molecular flexibility index (Phi) is 62.7. The highest BCUT2D eigenvalue weighted by Crippen LogP contribution is 2.17. The van der Waals surface area contributed by atoms with Crippen molar-refractivity contribution in [2.45, 2.75) is 348 Å². The normalized spacial score (nSPS) is 12.5. The highest BCUT2D eigenvalue weighted by Gasteiger charge is 2.19. The Balaban J connectivity index is 4.29. The van der Waals surface area contributed by atoms with E-state index in [9.17, 15) is 14.4 Å². The van der Waals surface area contributed by atoms with Crippen LogP contribution in [0.15, 0.2) is 72.9 Å². The molecule has 0 saturated heterocycles. The fraction of sp³-hybridized carbons (Fsp3) is 0.789. The van der Waals surface area contributed by atoms with E-state index in [1.54, 1.807) is 0 Å². The van der Waals surface area contributed by atoms with Gasteiger partial charge in [-0.25, -0.2) is 0 Å². The predicted octanol–water partition coefficient (Wildman–Crippen LogP) is 22.9. The van der Waals surface area contributed by atoms with E-state index in [1.165, 1.54) is 205 Å². The first-order valence-corrected chi connectivity index (χ1v) is 33.4. The fourth-order valence-corrected chi connectivity index (χ4v) is 9.60. The van der Waals surface area contributed by atoms with Gasteiger partial charge in [-0.15, -0.1) is 0 Å². The van der Waals surface area contributed by atoms with Crippen molar-refractivity contribution in [3.8, 4) is 0 Å².